The summed E-state index contributed by atoms with van der Waals surface area (Å²) >= 11 is 0. The average Bonchev–Trinajstić information content (AvgIpc) is 2.46. The topological polar surface area (TPSA) is 76.3 Å². The van der Waals surface area contributed by atoms with Crippen molar-refractivity contribution in [2.75, 3.05) is 18.8 Å². The molecule has 0 fully saturated rings. The molecule has 20 heavy (non-hydrogen) atoms. The number of rotatable bonds is 9. The molecule has 0 aliphatic rings. The van der Waals surface area contributed by atoms with E-state index in [-0.39, 0.29) is 11.8 Å². The number of pyridine rings is 1. The van der Waals surface area contributed by atoms with Gasteiger partial charge in [0.1, 0.15) is 0 Å². The van der Waals surface area contributed by atoms with E-state index in [0.717, 1.165) is 18.5 Å². The first-order valence-corrected chi connectivity index (χ1v) is 8.75. The van der Waals surface area contributed by atoms with Crippen LogP contribution < -0.4 is 5.73 Å². The van der Waals surface area contributed by atoms with Gasteiger partial charge in [-0.3, -0.25) is 4.98 Å². The minimum absolute atomic E-state index is 0.0345. The highest BCUT2D eigenvalue weighted by atomic mass is 32.2. The molecule has 0 spiro atoms. The molecule has 0 unspecified atom stereocenters. The number of hydrogen-bond donors (Lipinski definition) is 1. The van der Waals surface area contributed by atoms with Crippen LogP contribution in [-0.4, -0.2) is 42.6 Å². The molecule has 0 radical (unpaired) electrons. The summed E-state index contributed by atoms with van der Waals surface area (Å²) in [5.74, 6) is 0.0838. The Balaban J connectivity index is 2.77. The molecule has 0 saturated heterocycles. The zero-order valence-corrected chi connectivity index (χ0v) is 13.1. The van der Waals surface area contributed by atoms with Gasteiger partial charge in [0, 0.05) is 37.4 Å². The Morgan fingerprint density at radius 3 is 2.50 bits per heavy atom. The highest BCUT2D eigenvalue weighted by Crippen LogP contribution is 2.14. The molecule has 2 N–H and O–H groups in total. The Hall–Kier alpha value is -0.980. The van der Waals surface area contributed by atoms with E-state index in [1.807, 2.05) is 32.0 Å². The molecular weight excluding hydrogens is 274 g/mol. The van der Waals surface area contributed by atoms with Crippen LogP contribution in [0.2, 0.25) is 0 Å². The maximum Gasteiger partial charge on any atom is 0.214 e. The molecule has 0 aromatic carbocycles. The molecule has 0 amide bonds. The third kappa shape index (κ3) is 4.85. The van der Waals surface area contributed by atoms with Crippen molar-refractivity contribution in [3.63, 3.8) is 0 Å². The van der Waals surface area contributed by atoms with E-state index in [4.69, 9.17) is 5.73 Å². The molecule has 0 aliphatic carbocycles. The quantitative estimate of drug-likeness (QED) is 0.748. The van der Waals surface area contributed by atoms with E-state index in [2.05, 4.69) is 4.98 Å². The first kappa shape index (κ1) is 17.1. The van der Waals surface area contributed by atoms with Crippen molar-refractivity contribution in [2.24, 2.45) is 5.73 Å². The first-order chi connectivity index (χ1) is 9.55. The third-order valence-corrected chi connectivity index (χ3v) is 5.31. The van der Waals surface area contributed by atoms with Crippen molar-refractivity contribution in [1.29, 1.82) is 0 Å². The van der Waals surface area contributed by atoms with Gasteiger partial charge in [-0.25, -0.2) is 8.42 Å². The molecule has 0 atom stereocenters. The highest BCUT2D eigenvalue weighted by Gasteiger charge is 2.27. The molecule has 5 nitrogen and oxygen atoms in total. The van der Waals surface area contributed by atoms with Crippen molar-refractivity contribution in [1.82, 2.24) is 9.29 Å². The monoisotopic (exact) mass is 299 g/mol. The van der Waals surface area contributed by atoms with Gasteiger partial charge in [0.25, 0.3) is 0 Å². The van der Waals surface area contributed by atoms with Crippen LogP contribution in [0.1, 0.15) is 32.4 Å². The van der Waals surface area contributed by atoms with E-state index in [1.165, 1.54) is 0 Å². The molecule has 1 aromatic heterocycles. The molecular formula is C14H25N3O2S. The van der Waals surface area contributed by atoms with Gasteiger partial charge < -0.3 is 5.73 Å². The summed E-state index contributed by atoms with van der Waals surface area (Å²) in [5, 5.41) is 0. The molecule has 0 aliphatic heterocycles. The van der Waals surface area contributed by atoms with Gasteiger partial charge in [-0.1, -0.05) is 19.9 Å². The van der Waals surface area contributed by atoms with Crippen LogP contribution in [0.5, 0.6) is 0 Å². The van der Waals surface area contributed by atoms with Crippen LogP contribution in [-0.2, 0) is 16.4 Å². The standard InChI is InChI=1S/C14H25N3O2S/c1-3-14(4-2)17(11-9-15)20(18,19)12-8-13-7-5-6-10-16-13/h5-7,10,14H,3-4,8-9,11-12,15H2,1-2H3. The zero-order chi connectivity index (χ0) is 15.0. The van der Waals surface area contributed by atoms with Crippen LogP contribution in [0.4, 0.5) is 0 Å². The lowest BCUT2D eigenvalue weighted by atomic mass is 10.2. The fraction of sp³-hybridized carbons (Fsp3) is 0.643. The summed E-state index contributed by atoms with van der Waals surface area (Å²) in [6.45, 7) is 4.74. The van der Waals surface area contributed by atoms with Crippen molar-refractivity contribution in [2.45, 2.75) is 39.2 Å². The van der Waals surface area contributed by atoms with Gasteiger partial charge in [0.15, 0.2) is 0 Å². The van der Waals surface area contributed by atoms with Gasteiger partial charge in [-0.2, -0.15) is 4.31 Å². The molecule has 1 rings (SSSR count). The van der Waals surface area contributed by atoms with Gasteiger partial charge in [-0.15, -0.1) is 0 Å². The van der Waals surface area contributed by atoms with E-state index < -0.39 is 10.0 Å². The molecule has 0 bridgehead atoms. The Morgan fingerprint density at radius 2 is 2.00 bits per heavy atom. The molecule has 114 valence electrons. The number of nitrogens with two attached hydrogens (primary N) is 1. The zero-order valence-electron chi connectivity index (χ0n) is 12.3. The van der Waals surface area contributed by atoms with E-state index in [1.54, 1.807) is 10.5 Å². The van der Waals surface area contributed by atoms with Gasteiger partial charge in [-0.05, 0) is 25.0 Å². The minimum atomic E-state index is -3.29. The number of nitrogens with zero attached hydrogens (tertiary/aromatic N) is 2. The van der Waals surface area contributed by atoms with Crippen LogP contribution in [0.15, 0.2) is 24.4 Å². The number of aromatic nitrogens is 1. The van der Waals surface area contributed by atoms with E-state index in [9.17, 15) is 8.42 Å². The summed E-state index contributed by atoms with van der Waals surface area (Å²) in [4.78, 5) is 4.16. The predicted molar refractivity (Wildman–Crippen MR) is 81.9 cm³/mol. The fourth-order valence-corrected chi connectivity index (χ4v) is 4.11. The maximum atomic E-state index is 12.5. The second-order valence-electron chi connectivity index (χ2n) is 4.76. The smallest absolute Gasteiger partial charge is 0.214 e. The third-order valence-electron chi connectivity index (χ3n) is 3.40. The normalized spacial score (nSPS) is 12.2. The minimum Gasteiger partial charge on any atom is -0.329 e. The molecule has 6 heteroatoms. The molecule has 1 aromatic rings. The highest BCUT2D eigenvalue weighted by molar-refractivity contribution is 7.89. The van der Waals surface area contributed by atoms with Crippen LogP contribution in [0, 0.1) is 0 Å². The van der Waals surface area contributed by atoms with Crippen molar-refractivity contribution in [3.05, 3.63) is 30.1 Å². The maximum absolute atomic E-state index is 12.5. The Kier molecular flexibility index (Phi) is 7.12. The SMILES string of the molecule is CCC(CC)N(CCN)S(=O)(=O)CCc1ccccn1. The van der Waals surface area contributed by atoms with E-state index in [0.29, 0.717) is 19.5 Å². The molecule has 0 saturated carbocycles. The number of sulfonamides is 1. The average molecular weight is 299 g/mol. The van der Waals surface area contributed by atoms with Crippen molar-refractivity contribution >= 4 is 10.0 Å². The predicted octanol–water partition coefficient (Wildman–Crippen LogP) is 1.40. The van der Waals surface area contributed by atoms with Crippen LogP contribution >= 0.6 is 0 Å². The summed E-state index contributed by atoms with van der Waals surface area (Å²) in [6.07, 6.45) is 3.73. The van der Waals surface area contributed by atoms with Crippen molar-refractivity contribution < 1.29 is 8.42 Å². The molecule has 1 heterocycles. The first-order valence-electron chi connectivity index (χ1n) is 7.14. The number of hydrogen-bond acceptors (Lipinski definition) is 4. The Labute approximate surface area is 122 Å². The van der Waals surface area contributed by atoms with Crippen molar-refractivity contribution in [3.8, 4) is 0 Å². The van der Waals surface area contributed by atoms with Crippen LogP contribution in [0.25, 0.3) is 0 Å². The second kappa shape index (κ2) is 8.34. The summed E-state index contributed by atoms with van der Waals surface area (Å²) in [5.41, 5.74) is 6.36. The van der Waals surface area contributed by atoms with Gasteiger partial charge >= 0.3 is 0 Å². The Bertz CT molecular complexity index is 472. The summed E-state index contributed by atoms with van der Waals surface area (Å²) in [7, 11) is -3.29. The van der Waals surface area contributed by atoms with Crippen LogP contribution in [0.3, 0.4) is 0 Å². The van der Waals surface area contributed by atoms with Gasteiger partial charge in [0.2, 0.25) is 10.0 Å². The second-order valence-corrected chi connectivity index (χ2v) is 6.80. The lowest BCUT2D eigenvalue weighted by molar-refractivity contribution is 0.309. The lowest BCUT2D eigenvalue weighted by Gasteiger charge is -2.29. The summed E-state index contributed by atoms with van der Waals surface area (Å²) < 4.78 is 26.6. The fourth-order valence-electron chi connectivity index (χ4n) is 2.27. The van der Waals surface area contributed by atoms with E-state index >= 15 is 0 Å². The largest absolute Gasteiger partial charge is 0.329 e. The Morgan fingerprint density at radius 1 is 1.30 bits per heavy atom. The van der Waals surface area contributed by atoms with Gasteiger partial charge in [0.05, 0.1) is 5.75 Å². The summed E-state index contributed by atoms with van der Waals surface area (Å²) in [6, 6.07) is 5.57. The number of aryl methyl sites for hydroxylation is 1. The lowest BCUT2D eigenvalue weighted by Crippen LogP contribution is -2.44.